The van der Waals surface area contributed by atoms with E-state index in [9.17, 15) is 9.59 Å². The molecule has 1 atom stereocenters. The fraction of sp³-hybridized carbons (Fsp3) is 0.417. The lowest BCUT2D eigenvalue weighted by atomic mass is 10.1. The van der Waals surface area contributed by atoms with Gasteiger partial charge in [-0.1, -0.05) is 44.2 Å². The Bertz CT molecular complexity index is 881. The van der Waals surface area contributed by atoms with E-state index in [2.05, 4.69) is 19.2 Å². The number of rotatable bonds is 9. The van der Waals surface area contributed by atoms with Gasteiger partial charge >= 0.3 is 0 Å². The molecule has 1 N–H and O–H groups in total. The topological polar surface area (TPSA) is 67.9 Å². The summed E-state index contributed by atoms with van der Waals surface area (Å²) < 4.78 is 11.5. The minimum Gasteiger partial charge on any atom is -0.493 e. The lowest BCUT2D eigenvalue weighted by Gasteiger charge is -2.32. The molecule has 0 spiro atoms. The quantitative estimate of drug-likeness (QED) is 0.680. The van der Waals surface area contributed by atoms with Gasteiger partial charge < -0.3 is 19.7 Å². The number of benzene rings is 2. The largest absolute Gasteiger partial charge is 0.493 e. The summed E-state index contributed by atoms with van der Waals surface area (Å²) in [5.41, 5.74) is 1.65. The van der Waals surface area contributed by atoms with Crippen molar-refractivity contribution in [3.05, 3.63) is 54.1 Å². The predicted molar refractivity (Wildman–Crippen MR) is 117 cm³/mol. The van der Waals surface area contributed by atoms with E-state index in [1.54, 1.807) is 11.8 Å². The highest BCUT2D eigenvalue weighted by Gasteiger charge is 2.31. The Labute approximate surface area is 178 Å². The predicted octanol–water partition coefficient (Wildman–Crippen LogP) is 3.93. The van der Waals surface area contributed by atoms with Gasteiger partial charge in [0.15, 0.2) is 6.10 Å². The van der Waals surface area contributed by atoms with Crippen molar-refractivity contribution in [3.63, 3.8) is 0 Å². The summed E-state index contributed by atoms with van der Waals surface area (Å²) in [4.78, 5) is 26.6. The second-order valence-electron chi connectivity index (χ2n) is 7.88. The Morgan fingerprint density at radius 3 is 2.70 bits per heavy atom. The van der Waals surface area contributed by atoms with Crippen molar-refractivity contribution in [2.45, 2.75) is 46.3 Å². The van der Waals surface area contributed by atoms with Crippen molar-refractivity contribution in [2.24, 2.45) is 5.92 Å². The summed E-state index contributed by atoms with van der Waals surface area (Å²) in [5.74, 6) is 1.79. The first kappa shape index (κ1) is 21.7. The molecular formula is C24H30N2O4. The number of carbonyl (C=O) groups excluding carboxylic acids is 2. The zero-order chi connectivity index (χ0) is 21.5. The molecule has 1 heterocycles. The fourth-order valence-corrected chi connectivity index (χ4v) is 3.28. The van der Waals surface area contributed by atoms with E-state index in [-0.39, 0.29) is 18.2 Å². The van der Waals surface area contributed by atoms with Crippen LogP contribution in [-0.4, -0.2) is 31.1 Å². The lowest BCUT2D eigenvalue weighted by molar-refractivity contribution is -0.125. The maximum Gasteiger partial charge on any atom is 0.267 e. The SMILES string of the molecule is CC(C)CCOc1ccccc1CNC(=O)CCN1C(=O)C(C)Oc2ccccc21. The lowest BCUT2D eigenvalue weighted by Crippen LogP contribution is -2.45. The van der Waals surface area contributed by atoms with E-state index in [4.69, 9.17) is 9.47 Å². The third-order valence-corrected chi connectivity index (χ3v) is 5.04. The highest BCUT2D eigenvalue weighted by Crippen LogP contribution is 2.33. The first-order chi connectivity index (χ1) is 14.5. The van der Waals surface area contributed by atoms with Crippen LogP contribution in [0.25, 0.3) is 0 Å². The fourth-order valence-electron chi connectivity index (χ4n) is 3.28. The van der Waals surface area contributed by atoms with E-state index >= 15 is 0 Å². The molecule has 6 nitrogen and oxygen atoms in total. The molecule has 1 aliphatic rings. The van der Waals surface area contributed by atoms with Crippen molar-refractivity contribution >= 4 is 17.5 Å². The van der Waals surface area contributed by atoms with Crippen LogP contribution in [0.2, 0.25) is 0 Å². The molecular weight excluding hydrogens is 380 g/mol. The second kappa shape index (κ2) is 10.1. The van der Waals surface area contributed by atoms with E-state index in [0.717, 1.165) is 17.7 Å². The van der Waals surface area contributed by atoms with E-state index in [1.807, 2.05) is 48.5 Å². The molecule has 0 saturated carbocycles. The smallest absolute Gasteiger partial charge is 0.267 e. The number of nitrogens with one attached hydrogen (secondary N) is 1. The molecule has 0 aromatic heterocycles. The maximum absolute atomic E-state index is 12.5. The highest BCUT2D eigenvalue weighted by molar-refractivity contribution is 6.00. The van der Waals surface area contributed by atoms with Crippen LogP contribution in [0.1, 0.15) is 39.2 Å². The van der Waals surface area contributed by atoms with Crippen LogP contribution < -0.4 is 19.7 Å². The van der Waals surface area contributed by atoms with Gasteiger partial charge in [-0.15, -0.1) is 0 Å². The minimum absolute atomic E-state index is 0.114. The molecule has 0 radical (unpaired) electrons. The normalized spacial score (nSPS) is 15.5. The van der Waals surface area contributed by atoms with Gasteiger partial charge in [0.25, 0.3) is 5.91 Å². The molecule has 2 aromatic rings. The zero-order valence-electron chi connectivity index (χ0n) is 17.9. The first-order valence-corrected chi connectivity index (χ1v) is 10.5. The number of para-hydroxylation sites is 3. The summed E-state index contributed by atoms with van der Waals surface area (Å²) in [6.07, 6.45) is 0.634. The summed E-state index contributed by atoms with van der Waals surface area (Å²) in [7, 11) is 0. The first-order valence-electron chi connectivity index (χ1n) is 10.5. The molecule has 1 aliphatic heterocycles. The number of carbonyl (C=O) groups is 2. The summed E-state index contributed by atoms with van der Waals surface area (Å²) in [6.45, 7) is 7.39. The monoisotopic (exact) mass is 410 g/mol. The Morgan fingerprint density at radius 1 is 1.17 bits per heavy atom. The van der Waals surface area contributed by atoms with Crippen LogP contribution >= 0.6 is 0 Å². The number of anilines is 1. The van der Waals surface area contributed by atoms with Gasteiger partial charge in [0.1, 0.15) is 11.5 Å². The minimum atomic E-state index is -0.558. The Balaban J connectivity index is 1.54. The van der Waals surface area contributed by atoms with E-state index in [0.29, 0.717) is 37.1 Å². The van der Waals surface area contributed by atoms with Crippen molar-refractivity contribution < 1.29 is 19.1 Å². The summed E-state index contributed by atoms with van der Waals surface area (Å²) in [6, 6.07) is 15.1. The third kappa shape index (κ3) is 5.53. The number of ether oxygens (including phenoxy) is 2. The number of amides is 2. The molecule has 160 valence electrons. The number of fused-ring (bicyclic) bond motifs is 1. The molecule has 0 aliphatic carbocycles. The Morgan fingerprint density at radius 2 is 1.90 bits per heavy atom. The molecule has 30 heavy (non-hydrogen) atoms. The number of hydrogen-bond donors (Lipinski definition) is 1. The number of hydrogen-bond acceptors (Lipinski definition) is 4. The molecule has 1 unspecified atom stereocenters. The molecule has 0 bridgehead atoms. The number of nitrogens with zero attached hydrogens (tertiary/aromatic N) is 1. The van der Waals surface area contributed by atoms with Gasteiger partial charge in [-0.2, -0.15) is 0 Å². The van der Waals surface area contributed by atoms with Crippen LogP contribution in [0.3, 0.4) is 0 Å². The van der Waals surface area contributed by atoms with Gasteiger partial charge in [-0.3, -0.25) is 9.59 Å². The molecule has 6 heteroatoms. The molecule has 2 aromatic carbocycles. The second-order valence-corrected chi connectivity index (χ2v) is 7.88. The Hall–Kier alpha value is -3.02. The highest BCUT2D eigenvalue weighted by atomic mass is 16.5. The summed E-state index contributed by atoms with van der Waals surface area (Å²) >= 11 is 0. The van der Waals surface area contributed by atoms with Crippen molar-refractivity contribution in [2.75, 3.05) is 18.1 Å². The van der Waals surface area contributed by atoms with Crippen LogP contribution in [-0.2, 0) is 16.1 Å². The van der Waals surface area contributed by atoms with E-state index in [1.165, 1.54) is 0 Å². The van der Waals surface area contributed by atoms with E-state index < -0.39 is 6.10 Å². The van der Waals surface area contributed by atoms with Gasteiger partial charge in [0, 0.05) is 25.1 Å². The van der Waals surface area contributed by atoms with Crippen molar-refractivity contribution in [3.8, 4) is 11.5 Å². The van der Waals surface area contributed by atoms with Crippen LogP contribution in [0, 0.1) is 5.92 Å². The van der Waals surface area contributed by atoms with Gasteiger partial charge in [0.05, 0.1) is 12.3 Å². The van der Waals surface area contributed by atoms with Crippen molar-refractivity contribution in [1.29, 1.82) is 0 Å². The standard InChI is InChI=1S/C24H30N2O4/c1-17(2)13-15-29-21-10-6-4-8-19(21)16-25-23(27)12-14-26-20-9-5-7-11-22(20)30-18(3)24(26)28/h4-11,17-18H,12-16H2,1-3H3,(H,25,27). The average molecular weight is 411 g/mol. The average Bonchev–Trinajstić information content (AvgIpc) is 2.73. The van der Waals surface area contributed by atoms with Crippen molar-refractivity contribution in [1.82, 2.24) is 5.32 Å². The summed E-state index contributed by atoms with van der Waals surface area (Å²) in [5, 5.41) is 2.94. The van der Waals surface area contributed by atoms with Gasteiger partial charge in [0.2, 0.25) is 5.91 Å². The zero-order valence-corrected chi connectivity index (χ0v) is 17.9. The molecule has 0 fully saturated rings. The van der Waals surface area contributed by atoms with Crippen LogP contribution in [0.4, 0.5) is 5.69 Å². The van der Waals surface area contributed by atoms with Gasteiger partial charge in [-0.05, 0) is 37.5 Å². The Kier molecular flexibility index (Phi) is 7.33. The molecule has 0 saturated heterocycles. The third-order valence-electron chi connectivity index (χ3n) is 5.04. The maximum atomic E-state index is 12.5. The van der Waals surface area contributed by atoms with Crippen LogP contribution in [0.15, 0.2) is 48.5 Å². The molecule has 2 amide bonds. The van der Waals surface area contributed by atoms with Gasteiger partial charge in [-0.25, -0.2) is 0 Å². The van der Waals surface area contributed by atoms with Crippen LogP contribution in [0.5, 0.6) is 11.5 Å². The molecule has 3 rings (SSSR count).